The fourth-order valence-electron chi connectivity index (χ4n) is 2.19. The summed E-state index contributed by atoms with van der Waals surface area (Å²) in [7, 11) is 0. The van der Waals surface area contributed by atoms with Crippen molar-refractivity contribution in [3.05, 3.63) is 65.7 Å². The molecule has 0 spiro atoms. The van der Waals surface area contributed by atoms with Gasteiger partial charge in [-0.05, 0) is 30.7 Å². The van der Waals surface area contributed by atoms with Crippen LogP contribution >= 0.6 is 11.8 Å². The number of nitrogens with zero attached hydrogens (tertiary/aromatic N) is 1. The van der Waals surface area contributed by atoms with Crippen LogP contribution in [0.25, 0.3) is 17.2 Å². The quantitative estimate of drug-likeness (QED) is 0.411. The Morgan fingerprint density at radius 3 is 2.81 bits per heavy atom. The van der Waals surface area contributed by atoms with Crippen molar-refractivity contribution in [2.45, 2.75) is 12.1 Å². The van der Waals surface area contributed by atoms with E-state index >= 15 is 0 Å². The van der Waals surface area contributed by atoms with E-state index in [4.69, 9.17) is 4.42 Å². The smallest absolute Gasteiger partial charge is 0.262 e. The van der Waals surface area contributed by atoms with Crippen LogP contribution in [0, 0.1) is 6.92 Å². The SMILES string of the molecule is Cc1cccc(/C=C/C(=O)NNC(=O)CSc2nc3ccccc3o2)c1. The maximum absolute atomic E-state index is 11.8. The summed E-state index contributed by atoms with van der Waals surface area (Å²) >= 11 is 1.16. The van der Waals surface area contributed by atoms with E-state index in [1.807, 2.05) is 55.5 Å². The second kappa shape index (κ2) is 8.35. The van der Waals surface area contributed by atoms with Crippen LogP contribution in [0.5, 0.6) is 0 Å². The molecule has 0 aliphatic carbocycles. The zero-order valence-electron chi connectivity index (χ0n) is 14.1. The van der Waals surface area contributed by atoms with Gasteiger partial charge in [-0.1, -0.05) is 53.7 Å². The van der Waals surface area contributed by atoms with Crippen molar-refractivity contribution in [2.24, 2.45) is 0 Å². The molecule has 0 unspecified atom stereocenters. The summed E-state index contributed by atoms with van der Waals surface area (Å²) in [4.78, 5) is 27.8. The Kier molecular flexibility index (Phi) is 5.70. The zero-order chi connectivity index (χ0) is 18.4. The first kappa shape index (κ1) is 17.8. The second-order valence-electron chi connectivity index (χ2n) is 5.52. The van der Waals surface area contributed by atoms with E-state index in [1.54, 1.807) is 6.08 Å². The van der Waals surface area contributed by atoms with Gasteiger partial charge in [-0.25, -0.2) is 4.98 Å². The minimum Gasteiger partial charge on any atom is -0.431 e. The van der Waals surface area contributed by atoms with Gasteiger partial charge in [-0.15, -0.1) is 0 Å². The maximum atomic E-state index is 11.8. The molecule has 0 bridgehead atoms. The number of oxazole rings is 1. The van der Waals surface area contributed by atoms with Crippen LogP contribution in [0.1, 0.15) is 11.1 Å². The molecule has 7 heteroatoms. The number of nitrogens with one attached hydrogen (secondary N) is 2. The normalized spacial score (nSPS) is 11.0. The first-order valence-corrected chi connectivity index (χ1v) is 8.91. The Balaban J connectivity index is 1.44. The average Bonchev–Trinajstić information content (AvgIpc) is 3.06. The number of carbonyl (C=O) groups is 2. The molecular formula is C19H17N3O3S. The van der Waals surface area contributed by atoms with Crippen molar-refractivity contribution in [1.29, 1.82) is 0 Å². The number of benzene rings is 2. The molecule has 0 fully saturated rings. The number of rotatable bonds is 5. The van der Waals surface area contributed by atoms with Gasteiger partial charge in [0.1, 0.15) is 5.52 Å². The molecule has 1 heterocycles. The van der Waals surface area contributed by atoms with E-state index in [0.717, 1.165) is 28.4 Å². The lowest BCUT2D eigenvalue weighted by Crippen LogP contribution is -2.41. The number of para-hydroxylation sites is 2. The molecule has 0 saturated carbocycles. The Morgan fingerprint density at radius 2 is 2.00 bits per heavy atom. The fraction of sp³-hybridized carbons (Fsp3) is 0.105. The third-order valence-corrected chi connectivity index (χ3v) is 4.22. The topological polar surface area (TPSA) is 84.2 Å². The van der Waals surface area contributed by atoms with Gasteiger partial charge in [0.2, 0.25) is 5.91 Å². The average molecular weight is 367 g/mol. The highest BCUT2D eigenvalue weighted by Crippen LogP contribution is 2.22. The fourth-order valence-corrected chi connectivity index (χ4v) is 2.83. The molecule has 2 N–H and O–H groups in total. The van der Waals surface area contributed by atoms with Gasteiger partial charge in [0, 0.05) is 6.08 Å². The molecule has 132 valence electrons. The van der Waals surface area contributed by atoms with E-state index in [0.29, 0.717) is 10.8 Å². The Labute approximate surface area is 154 Å². The molecule has 26 heavy (non-hydrogen) atoms. The lowest BCUT2D eigenvalue weighted by atomic mass is 10.1. The van der Waals surface area contributed by atoms with E-state index in [-0.39, 0.29) is 11.7 Å². The van der Waals surface area contributed by atoms with Gasteiger partial charge in [-0.3, -0.25) is 20.4 Å². The van der Waals surface area contributed by atoms with Crippen molar-refractivity contribution in [2.75, 3.05) is 5.75 Å². The maximum Gasteiger partial charge on any atom is 0.262 e. The Morgan fingerprint density at radius 1 is 1.15 bits per heavy atom. The van der Waals surface area contributed by atoms with Crippen LogP contribution in [0.4, 0.5) is 0 Å². The predicted molar refractivity (Wildman–Crippen MR) is 101 cm³/mol. The third-order valence-electron chi connectivity index (χ3n) is 3.40. The number of aromatic nitrogens is 1. The second-order valence-corrected chi connectivity index (χ2v) is 6.45. The highest BCUT2D eigenvalue weighted by Gasteiger charge is 2.09. The summed E-state index contributed by atoms with van der Waals surface area (Å²) in [5.74, 6) is -0.685. The highest BCUT2D eigenvalue weighted by molar-refractivity contribution is 7.99. The molecule has 2 amide bonds. The minimum atomic E-state index is -0.410. The first-order valence-electron chi connectivity index (χ1n) is 7.92. The van der Waals surface area contributed by atoms with Crippen LogP contribution in [0.3, 0.4) is 0 Å². The minimum absolute atomic E-state index is 0.0781. The zero-order valence-corrected chi connectivity index (χ0v) is 14.9. The van der Waals surface area contributed by atoms with Crippen molar-refractivity contribution < 1.29 is 14.0 Å². The summed E-state index contributed by atoms with van der Waals surface area (Å²) in [5, 5.41) is 0.409. The number of thioether (sulfide) groups is 1. The van der Waals surface area contributed by atoms with Gasteiger partial charge in [0.05, 0.1) is 5.75 Å². The van der Waals surface area contributed by atoms with Crippen LogP contribution < -0.4 is 10.9 Å². The summed E-state index contributed by atoms with van der Waals surface area (Å²) < 4.78 is 5.51. The number of carbonyl (C=O) groups excluding carboxylic acids is 2. The monoisotopic (exact) mass is 367 g/mol. The summed E-state index contributed by atoms with van der Waals surface area (Å²) in [6, 6.07) is 15.1. The van der Waals surface area contributed by atoms with Crippen molar-refractivity contribution in [3.8, 4) is 0 Å². The molecule has 0 aliphatic rings. The standard InChI is InChI=1S/C19H17N3O3S/c1-13-5-4-6-14(11-13)9-10-17(23)21-22-18(24)12-26-19-20-15-7-2-3-8-16(15)25-19/h2-11H,12H2,1H3,(H,21,23)(H,22,24)/b10-9+. The number of aryl methyl sites for hydroxylation is 1. The molecule has 0 saturated heterocycles. The van der Waals surface area contributed by atoms with Gasteiger partial charge >= 0.3 is 0 Å². The van der Waals surface area contributed by atoms with Crippen molar-refractivity contribution in [1.82, 2.24) is 15.8 Å². The van der Waals surface area contributed by atoms with Gasteiger partial charge in [0.15, 0.2) is 5.58 Å². The number of hydrogen-bond donors (Lipinski definition) is 2. The van der Waals surface area contributed by atoms with Gasteiger partial charge in [0.25, 0.3) is 11.1 Å². The molecule has 0 radical (unpaired) electrons. The lowest BCUT2D eigenvalue weighted by Gasteiger charge is -2.03. The Bertz CT molecular complexity index is 932. The van der Waals surface area contributed by atoms with Crippen LogP contribution in [0.15, 0.2) is 64.2 Å². The first-order chi connectivity index (χ1) is 12.6. The number of hydrogen-bond acceptors (Lipinski definition) is 5. The molecule has 3 rings (SSSR count). The highest BCUT2D eigenvalue weighted by atomic mass is 32.2. The molecule has 1 aromatic heterocycles. The number of hydrazine groups is 1. The molecule has 6 nitrogen and oxygen atoms in total. The van der Waals surface area contributed by atoms with E-state index in [1.165, 1.54) is 6.08 Å². The molecular weight excluding hydrogens is 350 g/mol. The van der Waals surface area contributed by atoms with E-state index < -0.39 is 5.91 Å². The molecule has 3 aromatic rings. The number of fused-ring (bicyclic) bond motifs is 1. The van der Waals surface area contributed by atoms with Gasteiger partial charge in [-0.2, -0.15) is 0 Å². The van der Waals surface area contributed by atoms with Gasteiger partial charge < -0.3 is 4.42 Å². The summed E-state index contributed by atoms with van der Waals surface area (Å²) in [6.07, 6.45) is 3.05. The summed E-state index contributed by atoms with van der Waals surface area (Å²) in [5.41, 5.74) is 8.13. The Hall–Kier alpha value is -3.06. The van der Waals surface area contributed by atoms with E-state index in [9.17, 15) is 9.59 Å². The molecule has 2 aromatic carbocycles. The van der Waals surface area contributed by atoms with Crippen molar-refractivity contribution in [3.63, 3.8) is 0 Å². The largest absolute Gasteiger partial charge is 0.431 e. The van der Waals surface area contributed by atoms with Crippen LogP contribution in [-0.2, 0) is 9.59 Å². The van der Waals surface area contributed by atoms with Crippen molar-refractivity contribution >= 4 is 40.8 Å². The van der Waals surface area contributed by atoms with E-state index in [2.05, 4.69) is 15.8 Å². The van der Waals surface area contributed by atoms with Crippen LogP contribution in [0.2, 0.25) is 0 Å². The molecule has 0 atom stereocenters. The van der Waals surface area contributed by atoms with Crippen LogP contribution in [-0.4, -0.2) is 22.6 Å². The third kappa shape index (κ3) is 4.97. The lowest BCUT2D eigenvalue weighted by molar-refractivity contribution is -0.125. The summed E-state index contributed by atoms with van der Waals surface area (Å²) in [6.45, 7) is 1.98. The number of amides is 2. The molecule has 0 aliphatic heterocycles. The predicted octanol–water partition coefficient (Wildman–Crippen LogP) is 3.09.